The number of rotatable bonds is 5. The van der Waals surface area contributed by atoms with Gasteiger partial charge in [0, 0.05) is 61.3 Å². The first-order valence-electron chi connectivity index (χ1n) is 9.79. The van der Waals surface area contributed by atoms with E-state index in [-0.39, 0.29) is 18.2 Å². The number of hydrogen-bond donors (Lipinski definition) is 1. The molecule has 30 heavy (non-hydrogen) atoms. The molecule has 2 N–H and O–H groups in total. The van der Waals surface area contributed by atoms with Crippen molar-refractivity contribution >= 4 is 22.5 Å². The first-order valence-corrected chi connectivity index (χ1v) is 9.79. The molecule has 0 unspecified atom stereocenters. The first-order chi connectivity index (χ1) is 14.5. The molecule has 5 heterocycles. The van der Waals surface area contributed by atoms with Crippen LogP contribution in [0.3, 0.4) is 0 Å². The van der Waals surface area contributed by atoms with Crippen molar-refractivity contribution in [2.45, 2.75) is 12.5 Å². The molecule has 150 valence electrons. The fourth-order valence-corrected chi connectivity index (χ4v) is 3.60. The molecule has 1 aliphatic rings. The number of carbonyl (C=O) groups excluding carboxylic acids is 1. The van der Waals surface area contributed by atoms with Gasteiger partial charge in [0.05, 0.1) is 29.5 Å². The van der Waals surface area contributed by atoms with E-state index in [1.807, 2.05) is 37.5 Å². The normalized spacial score (nSPS) is 14.1. The Labute approximate surface area is 173 Å². The van der Waals surface area contributed by atoms with Crippen LogP contribution in [0.5, 0.6) is 0 Å². The van der Waals surface area contributed by atoms with E-state index in [2.05, 4.69) is 20.0 Å². The third kappa shape index (κ3) is 3.53. The molecule has 0 saturated carbocycles. The minimum Gasteiger partial charge on any atom is -0.353 e. The van der Waals surface area contributed by atoms with Gasteiger partial charge in [0.25, 0.3) is 0 Å². The molecule has 0 amide bonds. The second kappa shape index (κ2) is 7.31. The Kier molecular flexibility index (Phi) is 4.48. The van der Waals surface area contributed by atoms with Crippen molar-refractivity contribution in [1.82, 2.24) is 24.7 Å². The van der Waals surface area contributed by atoms with E-state index in [4.69, 9.17) is 10.7 Å². The van der Waals surface area contributed by atoms with Crippen LogP contribution in [0, 0.1) is 0 Å². The van der Waals surface area contributed by atoms with Crippen molar-refractivity contribution in [1.29, 1.82) is 0 Å². The largest absolute Gasteiger partial charge is 0.353 e. The van der Waals surface area contributed by atoms with E-state index in [0.717, 1.165) is 41.1 Å². The van der Waals surface area contributed by atoms with Gasteiger partial charge in [-0.1, -0.05) is 0 Å². The zero-order valence-electron chi connectivity index (χ0n) is 16.6. The molecule has 0 bridgehead atoms. The quantitative estimate of drug-likeness (QED) is 0.512. The summed E-state index contributed by atoms with van der Waals surface area (Å²) in [5, 5.41) is 5.13. The van der Waals surface area contributed by atoms with E-state index >= 15 is 0 Å². The Morgan fingerprint density at radius 2 is 2.03 bits per heavy atom. The lowest BCUT2D eigenvalue weighted by molar-refractivity contribution is 0.0992. The molecule has 1 fully saturated rings. The van der Waals surface area contributed by atoms with Gasteiger partial charge in [-0.25, -0.2) is 9.97 Å². The molecule has 0 spiro atoms. The fourth-order valence-electron chi connectivity index (χ4n) is 3.60. The molecule has 0 aliphatic carbocycles. The summed E-state index contributed by atoms with van der Waals surface area (Å²) < 4.78 is 1.74. The number of Topliss-reactive ketones (excluding diaryl/α,β-unsaturated/α-hetero) is 1. The van der Waals surface area contributed by atoms with Gasteiger partial charge >= 0.3 is 0 Å². The minimum absolute atomic E-state index is 0.00117. The topological polar surface area (TPSA) is 103 Å². The van der Waals surface area contributed by atoms with Gasteiger partial charge in [-0.3, -0.25) is 14.5 Å². The van der Waals surface area contributed by atoms with Crippen molar-refractivity contribution in [3.05, 3.63) is 66.4 Å². The van der Waals surface area contributed by atoms with Crippen molar-refractivity contribution in [3.63, 3.8) is 0 Å². The molecule has 1 aliphatic heterocycles. The predicted octanol–water partition coefficient (Wildman–Crippen LogP) is 2.00. The summed E-state index contributed by atoms with van der Waals surface area (Å²) in [6, 6.07) is 9.56. The minimum atomic E-state index is -0.00117. The Hall–Kier alpha value is -3.65. The number of fused-ring (bicyclic) bond motifs is 1. The number of hydrogen-bond acceptors (Lipinski definition) is 7. The van der Waals surface area contributed by atoms with Gasteiger partial charge in [0.2, 0.25) is 0 Å². The average Bonchev–Trinajstić information content (AvgIpc) is 3.17. The number of aryl methyl sites for hydroxylation is 1. The summed E-state index contributed by atoms with van der Waals surface area (Å²) in [5.41, 5.74) is 9.75. The number of pyridine rings is 3. The van der Waals surface area contributed by atoms with Gasteiger partial charge in [-0.05, 0) is 30.3 Å². The molecular weight excluding hydrogens is 378 g/mol. The molecule has 8 nitrogen and oxygen atoms in total. The summed E-state index contributed by atoms with van der Waals surface area (Å²) in [6.45, 7) is 1.53. The molecule has 1 saturated heterocycles. The average molecular weight is 399 g/mol. The van der Waals surface area contributed by atoms with E-state index in [1.54, 1.807) is 29.3 Å². The fraction of sp³-hybridized carbons (Fsp3) is 0.227. The third-order valence-electron chi connectivity index (χ3n) is 5.27. The van der Waals surface area contributed by atoms with Crippen LogP contribution in [0.15, 0.2) is 55.1 Å². The maximum atomic E-state index is 12.8. The van der Waals surface area contributed by atoms with Crippen LogP contribution < -0.4 is 10.6 Å². The maximum Gasteiger partial charge on any atom is 0.169 e. The van der Waals surface area contributed by atoms with Gasteiger partial charge < -0.3 is 10.6 Å². The summed E-state index contributed by atoms with van der Waals surface area (Å²) in [6.07, 6.45) is 7.34. The Bertz CT molecular complexity index is 1240. The lowest BCUT2D eigenvalue weighted by atomic mass is 10.1. The highest BCUT2D eigenvalue weighted by atomic mass is 16.1. The number of aromatic nitrogens is 5. The highest BCUT2D eigenvalue weighted by molar-refractivity contribution is 5.98. The SMILES string of the molecule is Cn1cc(-c2ccc3cnc(CC(=O)c4ccnc(N5CC(N)C5)c4)cc3n2)cn1. The molecule has 0 radical (unpaired) electrons. The molecule has 0 aromatic carbocycles. The van der Waals surface area contributed by atoms with Crippen molar-refractivity contribution < 1.29 is 4.79 Å². The van der Waals surface area contributed by atoms with E-state index in [0.29, 0.717) is 11.3 Å². The molecule has 0 atom stereocenters. The van der Waals surface area contributed by atoms with E-state index in [1.165, 1.54) is 0 Å². The molecule has 5 rings (SSSR count). The second-order valence-electron chi connectivity index (χ2n) is 7.64. The lowest BCUT2D eigenvalue weighted by Gasteiger charge is -2.37. The summed E-state index contributed by atoms with van der Waals surface area (Å²) >= 11 is 0. The number of nitrogens with two attached hydrogens (primary N) is 1. The zero-order chi connectivity index (χ0) is 20.7. The highest BCUT2D eigenvalue weighted by Gasteiger charge is 2.24. The smallest absolute Gasteiger partial charge is 0.169 e. The second-order valence-corrected chi connectivity index (χ2v) is 7.64. The van der Waals surface area contributed by atoms with Crippen LogP contribution >= 0.6 is 0 Å². The molecule has 4 aromatic rings. The third-order valence-corrected chi connectivity index (χ3v) is 5.27. The Balaban J connectivity index is 1.38. The monoisotopic (exact) mass is 399 g/mol. The number of anilines is 1. The van der Waals surface area contributed by atoms with Crippen LogP contribution in [0.4, 0.5) is 5.82 Å². The van der Waals surface area contributed by atoms with Crippen LogP contribution in [0.2, 0.25) is 0 Å². The van der Waals surface area contributed by atoms with Gasteiger partial charge in [0.15, 0.2) is 5.78 Å². The number of carbonyl (C=O) groups is 1. The molecule has 4 aromatic heterocycles. The van der Waals surface area contributed by atoms with Gasteiger partial charge in [-0.2, -0.15) is 5.10 Å². The van der Waals surface area contributed by atoms with Gasteiger partial charge in [-0.15, -0.1) is 0 Å². The zero-order valence-corrected chi connectivity index (χ0v) is 16.6. The number of ketones is 1. The summed E-state index contributed by atoms with van der Waals surface area (Å²) in [4.78, 5) is 28.4. The van der Waals surface area contributed by atoms with Crippen molar-refractivity contribution in [3.8, 4) is 11.3 Å². The van der Waals surface area contributed by atoms with E-state index in [9.17, 15) is 4.79 Å². The standard InChI is InChI=1S/C22H21N7O/c1-28-11-16(10-26-28)19-3-2-15-9-25-18(7-20(15)27-19)8-21(30)14-4-5-24-22(6-14)29-12-17(23)13-29/h2-7,9-11,17H,8,12-13,23H2,1H3. The predicted molar refractivity (Wildman–Crippen MR) is 114 cm³/mol. The maximum absolute atomic E-state index is 12.8. The number of nitrogens with zero attached hydrogens (tertiary/aromatic N) is 6. The lowest BCUT2D eigenvalue weighted by Crippen LogP contribution is -2.56. The highest BCUT2D eigenvalue weighted by Crippen LogP contribution is 2.22. The van der Waals surface area contributed by atoms with Crippen molar-refractivity contribution in [2.24, 2.45) is 12.8 Å². The van der Waals surface area contributed by atoms with Crippen LogP contribution in [0.25, 0.3) is 22.2 Å². The summed E-state index contributed by atoms with van der Waals surface area (Å²) in [5.74, 6) is 0.788. The van der Waals surface area contributed by atoms with Crippen LogP contribution in [0.1, 0.15) is 16.1 Å². The van der Waals surface area contributed by atoms with Crippen molar-refractivity contribution in [2.75, 3.05) is 18.0 Å². The first kappa shape index (κ1) is 18.4. The van der Waals surface area contributed by atoms with Crippen LogP contribution in [-0.4, -0.2) is 49.6 Å². The molecular formula is C22H21N7O. The van der Waals surface area contributed by atoms with Crippen LogP contribution in [-0.2, 0) is 13.5 Å². The molecule has 8 heteroatoms. The summed E-state index contributed by atoms with van der Waals surface area (Å²) in [7, 11) is 1.87. The Morgan fingerprint density at radius 1 is 1.17 bits per heavy atom. The van der Waals surface area contributed by atoms with Gasteiger partial charge in [0.1, 0.15) is 5.82 Å². The Morgan fingerprint density at radius 3 is 2.80 bits per heavy atom. The van der Waals surface area contributed by atoms with E-state index < -0.39 is 0 Å².